The number of nitrogens with zero attached hydrogens (tertiary/aromatic N) is 1. The Labute approximate surface area is 149 Å². The van der Waals surface area contributed by atoms with Crippen molar-refractivity contribution >= 4 is 17.3 Å². The highest BCUT2D eigenvalue weighted by atomic mass is 19.4. The third-order valence-corrected chi connectivity index (χ3v) is 4.14. The molecule has 1 unspecified atom stereocenters. The number of halogens is 3. The predicted octanol–water partition coefficient (Wildman–Crippen LogP) is 4.02. The quantitative estimate of drug-likeness (QED) is 0.871. The summed E-state index contributed by atoms with van der Waals surface area (Å²) in [7, 11) is 0. The standard InChI is InChI=1S/C19H19F3N2O2/c1-13(18(25)24-10-9-14-5-2-3-8-17(14)24)23-15-6-4-7-16(11-15)26-12-19(20,21)22/h2-8,11,13,23H,9-10,12H2,1H3. The number of carbonyl (C=O) groups is 1. The van der Waals surface area contributed by atoms with Crippen molar-refractivity contribution in [1.82, 2.24) is 0 Å². The van der Waals surface area contributed by atoms with Crippen LogP contribution in [0, 0.1) is 0 Å². The van der Waals surface area contributed by atoms with E-state index in [0.717, 1.165) is 17.7 Å². The number of amides is 1. The van der Waals surface area contributed by atoms with Gasteiger partial charge in [-0.15, -0.1) is 0 Å². The highest BCUT2D eigenvalue weighted by Crippen LogP contribution is 2.28. The second kappa shape index (κ2) is 7.27. The Bertz CT molecular complexity index is 792. The molecular formula is C19H19F3N2O2. The maximum absolute atomic E-state index is 12.7. The van der Waals surface area contributed by atoms with E-state index in [1.807, 2.05) is 24.3 Å². The van der Waals surface area contributed by atoms with Crippen LogP contribution >= 0.6 is 0 Å². The van der Waals surface area contributed by atoms with Gasteiger partial charge in [0.1, 0.15) is 11.8 Å². The summed E-state index contributed by atoms with van der Waals surface area (Å²) in [6.07, 6.45) is -3.58. The van der Waals surface area contributed by atoms with E-state index in [2.05, 4.69) is 5.32 Å². The highest BCUT2D eigenvalue weighted by molar-refractivity contribution is 6.00. The zero-order chi connectivity index (χ0) is 18.7. The van der Waals surface area contributed by atoms with Gasteiger partial charge >= 0.3 is 6.18 Å². The Morgan fingerprint density at radius 3 is 2.77 bits per heavy atom. The fourth-order valence-electron chi connectivity index (χ4n) is 2.95. The lowest BCUT2D eigenvalue weighted by Crippen LogP contribution is -2.40. The van der Waals surface area contributed by atoms with Crippen LogP contribution in [0.15, 0.2) is 48.5 Å². The van der Waals surface area contributed by atoms with E-state index in [9.17, 15) is 18.0 Å². The molecule has 0 bridgehead atoms. The van der Waals surface area contributed by atoms with Gasteiger partial charge in [-0.1, -0.05) is 24.3 Å². The first-order chi connectivity index (χ1) is 12.3. The molecule has 2 aromatic carbocycles. The maximum atomic E-state index is 12.7. The number of para-hydroxylation sites is 1. The lowest BCUT2D eigenvalue weighted by atomic mass is 10.2. The third kappa shape index (κ3) is 4.28. The van der Waals surface area contributed by atoms with Gasteiger partial charge in [0.25, 0.3) is 0 Å². The van der Waals surface area contributed by atoms with Crippen LogP contribution in [-0.2, 0) is 11.2 Å². The summed E-state index contributed by atoms with van der Waals surface area (Å²) in [4.78, 5) is 14.5. The summed E-state index contributed by atoms with van der Waals surface area (Å²) >= 11 is 0. The van der Waals surface area contributed by atoms with E-state index in [0.29, 0.717) is 12.2 Å². The number of benzene rings is 2. The van der Waals surface area contributed by atoms with E-state index in [1.165, 1.54) is 12.1 Å². The van der Waals surface area contributed by atoms with E-state index >= 15 is 0 Å². The summed E-state index contributed by atoms with van der Waals surface area (Å²) < 4.78 is 41.5. The molecule has 1 N–H and O–H groups in total. The Kier molecular flexibility index (Phi) is 5.06. The number of nitrogens with one attached hydrogen (secondary N) is 1. The number of rotatable bonds is 5. The van der Waals surface area contributed by atoms with Crippen molar-refractivity contribution in [2.75, 3.05) is 23.4 Å². The molecule has 7 heteroatoms. The van der Waals surface area contributed by atoms with Gasteiger partial charge in [-0.2, -0.15) is 13.2 Å². The van der Waals surface area contributed by atoms with Crippen molar-refractivity contribution in [2.45, 2.75) is 25.6 Å². The largest absolute Gasteiger partial charge is 0.484 e. The third-order valence-electron chi connectivity index (χ3n) is 4.14. The van der Waals surface area contributed by atoms with Crippen LogP contribution < -0.4 is 15.0 Å². The Hall–Kier alpha value is -2.70. The number of anilines is 2. The molecule has 0 radical (unpaired) electrons. The topological polar surface area (TPSA) is 41.6 Å². The van der Waals surface area contributed by atoms with Crippen LogP contribution in [0.3, 0.4) is 0 Å². The zero-order valence-corrected chi connectivity index (χ0v) is 14.2. The lowest BCUT2D eigenvalue weighted by Gasteiger charge is -2.23. The van der Waals surface area contributed by atoms with Gasteiger partial charge in [0.05, 0.1) is 0 Å². The number of carbonyl (C=O) groups excluding carboxylic acids is 1. The molecule has 0 spiro atoms. The fourth-order valence-corrected chi connectivity index (χ4v) is 2.95. The first-order valence-electron chi connectivity index (χ1n) is 8.29. The van der Waals surface area contributed by atoms with Gasteiger partial charge in [-0.3, -0.25) is 4.79 Å². The first-order valence-corrected chi connectivity index (χ1v) is 8.29. The molecule has 0 fully saturated rings. The Morgan fingerprint density at radius 1 is 1.23 bits per heavy atom. The monoisotopic (exact) mass is 364 g/mol. The minimum absolute atomic E-state index is 0.0865. The van der Waals surface area contributed by atoms with Crippen LogP contribution in [0.25, 0.3) is 0 Å². The van der Waals surface area contributed by atoms with Crippen molar-refractivity contribution in [2.24, 2.45) is 0 Å². The van der Waals surface area contributed by atoms with Gasteiger partial charge in [-0.25, -0.2) is 0 Å². The molecule has 0 saturated carbocycles. The molecule has 0 saturated heterocycles. The van der Waals surface area contributed by atoms with Crippen LogP contribution in [0.1, 0.15) is 12.5 Å². The molecule has 1 amide bonds. The smallest absolute Gasteiger partial charge is 0.422 e. The number of hydrogen-bond donors (Lipinski definition) is 1. The molecule has 1 heterocycles. The van der Waals surface area contributed by atoms with E-state index in [1.54, 1.807) is 24.0 Å². The van der Waals surface area contributed by atoms with Crippen molar-refractivity contribution in [3.8, 4) is 5.75 Å². The van der Waals surface area contributed by atoms with Crippen molar-refractivity contribution in [3.05, 3.63) is 54.1 Å². The van der Waals surface area contributed by atoms with E-state index < -0.39 is 18.8 Å². The second-order valence-electron chi connectivity index (χ2n) is 6.17. The molecule has 1 atom stereocenters. The van der Waals surface area contributed by atoms with Gasteiger partial charge in [0, 0.05) is 24.0 Å². The number of fused-ring (bicyclic) bond motifs is 1. The van der Waals surface area contributed by atoms with Gasteiger partial charge in [0.15, 0.2) is 6.61 Å². The molecule has 0 aliphatic carbocycles. The molecule has 1 aliphatic heterocycles. The second-order valence-corrected chi connectivity index (χ2v) is 6.17. The Balaban J connectivity index is 1.65. The first kappa shape index (κ1) is 18.1. The minimum Gasteiger partial charge on any atom is -0.484 e. The molecule has 3 rings (SSSR count). The summed E-state index contributed by atoms with van der Waals surface area (Å²) in [5.74, 6) is 0.00931. The number of hydrogen-bond acceptors (Lipinski definition) is 3. The van der Waals surface area contributed by atoms with Crippen LogP contribution in [0.2, 0.25) is 0 Å². The number of alkyl halides is 3. The molecule has 4 nitrogen and oxygen atoms in total. The summed E-state index contributed by atoms with van der Waals surface area (Å²) in [5.41, 5.74) is 2.57. The Morgan fingerprint density at radius 2 is 2.00 bits per heavy atom. The fraction of sp³-hybridized carbons (Fsp3) is 0.316. The maximum Gasteiger partial charge on any atom is 0.422 e. The molecule has 1 aliphatic rings. The highest BCUT2D eigenvalue weighted by Gasteiger charge is 2.29. The average molecular weight is 364 g/mol. The molecule has 0 aromatic heterocycles. The summed E-state index contributed by atoms with van der Waals surface area (Å²) in [6, 6.07) is 13.4. The normalized spacial score (nSPS) is 14.7. The van der Waals surface area contributed by atoms with Crippen molar-refractivity contribution in [3.63, 3.8) is 0 Å². The zero-order valence-electron chi connectivity index (χ0n) is 14.2. The lowest BCUT2D eigenvalue weighted by molar-refractivity contribution is -0.153. The van der Waals surface area contributed by atoms with E-state index in [-0.39, 0.29) is 11.7 Å². The predicted molar refractivity (Wildman–Crippen MR) is 93.6 cm³/mol. The van der Waals surface area contributed by atoms with Crippen LogP contribution in [-0.4, -0.2) is 31.3 Å². The molecule has 138 valence electrons. The summed E-state index contributed by atoms with van der Waals surface area (Å²) in [6.45, 7) is 1.00. The molecule has 2 aromatic rings. The van der Waals surface area contributed by atoms with Crippen molar-refractivity contribution in [1.29, 1.82) is 0 Å². The van der Waals surface area contributed by atoms with E-state index in [4.69, 9.17) is 4.74 Å². The van der Waals surface area contributed by atoms with Gasteiger partial charge < -0.3 is 15.0 Å². The van der Waals surface area contributed by atoms with Crippen LogP contribution in [0.4, 0.5) is 24.5 Å². The molecule has 26 heavy (non-hydrogen) atoms. The summed E-state index contributed by atoms with van der Waals surface area (Å²) in [5, 5.41) is 3.03. The van der Waals surface area contributed by atoms with Gasteiger partial charge in [0.2, 0.25) is 5.91 Å². The minimum atomic E-state index is -4.39. The SMILES string of the molecule is CC(Nc1cccc(OCC(F)(F)F)c1)C(=O)N1CCc2ccccc21. The van der Waals surface area contributed by atoms with Crippen LogP contribution in [0.5, 0.6) is 5.75 Å². The average Bonchev–Trinajstić information content (AvgIpc) is 3.03. The molecular weight excluding hydrogens is 345 g/mol. The van der Waals surface area contributed by atoms with Gasteiger partial charge in [-0.05, 0) is 37.1 Å². The van der Waals surface area contributed by atoms with Crippen molar-refractivity contribution < 1.29 is 22.7 Å². The number of ether oxygens (including phenoxy) is 1.